The fourth-order valence-corrected chi connectivity index (χ4v) is 5.18. The van der Waals surface area contributed by atoms with Crippen molar-refractivity contribution < 1.29 is 19.1 Å². The Kier molecular flexibility index (Phi) is 10.4. The molecule has 1 heterocycles. The van der Waals surface area contributed by atoms with Gasteiger partial charge in [0.15, 0.2) is 23.2 Å². The molecular weight excluding hydrogens is 610 g/mol. The van der Waals surface area contributed by atoms with Crippen LogP contribution in [-0.2, 0) is 4.79 Å². The molecule has 5 rings (SSSR count). The van der Waals surface area contributed by atoms with E-state index < -0.39 is 0 Å². The molecule has 11 heteroatoms. The number of halogens is 1. The Hall–Kier alpha value is -5.19. The van der Waals surface area contributed by atoms with Crippen LogP contribution in [0.2, 0.25) is 5.02 Å². The molecule has 0 aliphatic carbocycles. The van der Waals surface area contributed by atoms with Crippen molar-refractivity contribution in [1.82, 2.24) is 10.4 Å². The minimum Gasteiger partial charge on any atom is -0.490 e. The highest BCUT2D eigenvalue weighted by atomic mass is 35.5. The molecule has 0 saturated heterocycles. The lowest BCUT2D eigenvalue weighted by Gasteiger charge is -2.14. The second-order valence-electron chi connectivity index (χ2n) is 9.77. The van der Waals surface area contributed by atoms with Gasteiger partial charge in [-0.3, -0.25) is 9.59 Å². The Labute approximate surface area is 269 Å². The van der Waals surface area contributed by atoms with Gasteiger partial charge in [-0.2, -0.15) is 5.10 Å². The van der Waals surface area contributed by atoms with Crippen molar-refractivity contribution in [3.8, 4) is 22.8 Å². The fraction of sp³-hybridized carbons (Fsp3) is 0.118. The molecule has 0 unspecified atom stereocenters. The molecule has 45 heavy (non-hydrogen) atoms. The molecule has 9 nitrogen and oxygen atoms in total. The summed E-state index contributed by atoms with van der Waals surface area (Å²) in [5, 5.41) is 13.1. The van der Waals surface area contributed by atoms with E-state index >= 15 is 0 Å². The monoisotopic (exact) mass is 639 g/mol. The van der Waals surface area contributed by atoms with Gasteiger partial charge in [-0.25, -0.2) is 10.4 Å². The predicted molar refractivity (Wildman–Crippen MR) is 180 cm³/mol. The molecular formula is C34H30ClN5O4S. The average molecular weight is 640 g/mol. The van der Waals surface area contributed by atoms with Crippen molar-refractivity contribution in [1.29, 1.82) is 0 Å². The lowest BCUT2D eigenvalue weighted by atomic mass is 10.1. The number of rotatable bonds is 12. The number of carbonyl (C=O) groups is 2. The van der Waals surface area contributed by atoms with Crippen LogP contribution in [0.15, 0.2) is 101 Å². The third-order valence-electron chi connectivity index (χ3n) is 6.37. The van der Waals surface area contributed by atoms with Crippen molar-refractivity contribution in [2.24, 2.45) is 5.10 Å². The number of hydrogen-bond acceptors (Lipinski definition) is 8. The summed E-state index contributed by atoms with van der Waals surface area (Å²) >= 11 is 7.99. The standard InChI is InChI=1S/C34H30ClN5O4S/c1-3-43-30-18-23(17-28(35)32(30)44-20-31(41)37-27-15-9-22(2)10-16-27)19-36-40-33(42)25-13-11-24(12-14-25)29-21-45-34(39-29)38-26-7-5-4-6-8-26/h4-19,21H,3,20H2,1-2H3,(H,37,41)(H,38,39)(H,40,42)/b36-19+. The smallest absolute Gasteiger partial charge is 0.271 e. The van der Waals surface area contributed by atoms with Crippen LogP contribution in [0.5, 0.6) is 11.5 Å². The number of hydrogen-bond donors (Lipinski definition) is 3. The number of anilines is 3. The number of thiazole rings is 1. The Morgan fingerprint density at radius 1 is 0.956 bits per heavy atom. The van der Waals surface area contributed by atoms with E-state index in [0.717, 1.165) is 27.6 Å². The molecule has 1 aromatic heterocycles. The highest BCUT2D eigenvalue weighted by Crippen LogP contribution is 2.36. The third kappa shape index (κ3) is 8.69. The van der Waals surface area contributed by atoms with Gasteiger partial charge in [0, 0.05) is 27.9 Å². The first kappa shape index (κ1) is 31.2. The first-order valence-corrected chi connectivity index (χ1v) is 15.3. The zero-order valence-corrected chi connectivity index (χ0v) is 26.1. The van der Waals surface area contributed by atoms with Gasteiger partial charge in [0.05, 0.1) is 23.5 Å². The first-order valence-electron chi connectivity index (χ1n) is 14.0. The van der Waals surface area contributed by atoms with Crippen molar-refractivity contribution in [2.75, 3.05) is 23.8 Å². The van der Waals surface area contributed by atoms with Crippen LogP contribution in [0.1, 0.15) is 28.4 Å². The summed E-state index contributed by atoms with van der Waals surface area (Å²) in [6.07, 6.45) is 1.45. The topological polar surface area (TPSA) is 114 Å². The summed E-state index contributed by atoms with van der Waals surface area (Å²) in [6.45, 7) is 3.88. The lowest BCUT2D eigenvalue weighted by molar-refractivity contribution is -0.118. The van der Waals surface area contributed by atoms with Gasteiger partial charge in [-0.15, -0.1) is 11.3 Å². The van der Waals surface area contributed by atoms with Crippen molar-refractivity contribution in [3.63, 3.8) is 0 Å². The van der Waals surface area contributed by atoms with Crippen molar-refractivity contribution in [3.05, 3.63) is 118 Å². The van der Waals surface area contributed by atoms with Crippen LogP contribution in [0, 0.1) is 6.92 Å². The largest absolute Gasteiger partial charge is 0.490 e. The zero-order valence-electron chi connectivity index (χ0n) is 24.5. The Balaban J connectivity index is 1.17. The van der Waals surface area contributed by atoms with Crippen LogP contribution in [-0.4, -0.2) is 36.2 Å². The van der Waals surface area contributed by atoms with E-state index in [9.17, 15) is 9.59 Å². The van der Waals surface area contributed by atoms with E-state index in [2.05, 4.69) is 26.1 Å². The number of amides is 2. The molecule has 2 amide bonds. The third-order valence-corrected chi connectivity index (χ3v) is 7.40. The van der Waals surface area contributed by atoms with E-state index in [-0.39, 0.29) is 29.2 Å². The normalized spacial score (nSPS) is 10.8. The lowest BCUT2D eigenvalue weighted by Crippen LogP contribution is -2.20. The predicted octanol–water partition coefficient (Wildman–Crippen LogP) is 7.70. The van der Waals surface area contributed by atoms with Gasteiger partial charge in [0.2, 0.25) is 0 Å². The van der Waals surface area contributed by atoms with Crippen LogP contribution >= 0.6 is 22.9 Å². The van der Waals surface area contributed by atoms with E-state index in [1.54, 1.807) is 24.3 Å². The zero-order chi connectivity index (χ0) is 31.6. The number of carbonyl (C=O) groups excluding carboxylic acids is 2. The minimum absolute atomic E-state index is 0.233. The van der Waals surface area contributed by atoms with Gasteiger partial charge in [-0.1, -0.05) is 59.6 Å². The molecule has 0 radical (unpaired) electrons. The maximum Gasteiger partial charge on any atom is 0.271 e. The Bertz CT molecular complexity index is 1790. The molecule has 5 aromatic rings. The first-order chi connectivity index (χ1) is 21.9. The number of nitrogens with one attached hydrogen (secondary N) is 3. The van der Waals surface area contributed by atoms with Crippen LogP contribution in [0.4, 0.5) is 16.5 Å². The number of nitrogens with zero attached hydrogens (tertiary/aromatic N) is 2. The average Bonchev–Trinajstić information content (AvgIpc) is 3.51. The Morgan fingerprint density at radius 3 is 2.44 bits per heavy atom. The van der Waals surface area contributed by atoms with Crippen molar-refractivity contribution >= 4 is 57.5 Å². The number of para-hydroxylation sites is 1. The second kappa shape index (κ2) is 15.0. The van der Waals surface area contributed by atoms with Crippen LogP contribution in [0.25, 0.3) is 11.3 Å². The number of aryl methyl sites for hydroxylation is 1. The highest BCUT2D eigenvalue weighted by molar-refractivity contribution is 7.14. The molecule has 0 atom stereocenters. The van der Waals surface area contributed by atoms with Gasteiger partial charge in [-0.05, 0) is 67.9 Å². The molecule has 0 saturated carbocycles. The summed E-state index contributed by atoms with van der Waals surface area (Å²) in [6, 6.07) is 27.7. The number of aromatic nitrogens is 1. The van der Waals surface area contributed by atoms with E-state index in [1.165, 1.54) is 17.6 Å². The maximum atomic E-state index is 12.7. The van der Waals surface area contributed by atoms with Gasteiger partial charge in [0.1, 0.15) is 0 Å². The summed E-state index contributed by atoms with van der Waals surface area (Å²) in [5.41, 5.74) is 7.96. The summed E-state index contributed by atoms with van der Waals surface area (Å²) in [4.78, 5) is 29.8. The highest BCUT2D eigenvalue weighted by Gasteiger charge is 2.15. The van der Waals surface area contributed by atoms with Crippen LogP contribution in [0.3, 0.4) is 0 Å². The SMILES string of the molecule is CCOc1cc(/C=N/NC(=O)c2ccc(-c3csc(Nc4ccccc4)n3)cc2)cc(Cl)c1OCC(=O)Nc1ccc(C)cc1. The van der Waals surface area contributed by atoms with E-state index in [4.69, 9.17) is 21.1 Å². The maximum absolute atomic E-state index is 12.7. The number of ether oxygens (including phenoxy) is 2. The molecule has 0 fully saturated rings. The quantitative estimate of drug-likeness (QED) is 0.0952. The summed E-state index contributed by atoms with van der Waals surface area (Å²) < 4.78 is 11.4. The van der Waals surface area contributed by atoms with Crippen molar-refractivity contribution in [2.45, 2.75) is 13.8 Å². The molecule has 4 aromatic carbocycles. The van der Waals surface area contributed by atoms with Gasteiger partial charge in [0.25, 0.3) is 11.8 Å². The number of benzene rings is 4. The van der Waals surface area contributed by atoms with Gasteiger partial charge < -0.3 is 20.1 Å². The second-order valence-corrected chi connectivity index (χ2v) is 11.0. The van der Waals surface area contributed by atoms with E-state index in [1.807, 2.05) is 86.0 Å². The molecule has 0 spiro atoms. The minimum atomic E-state index is -0.377. The molecule has 0 aliphatic rings. The molecule has 228 valence electrons. The Morgan fingerprint density at radius 2 is 1.71 bits per heavy atom. The molecule has 0 aliphatic heterocycles. The van der Waals surface area contributed by atoms with Gasteiger partial charge >= 0.3 is 0 Å². The summed E-state index contributed by atoms with van der Waals surface area (Å²) in [7, 11) is 0. The summed E-state index contributed by atoms with van der Waals surface area (Å²) in [5.74, 6) is -0.129. The molecule has 0 bridgehead atoms. The van der Waals surface area contributed by atoms with E-state index in [0.29, 0.717) is 29.2 Å². The van der Waals surface area contributed by atoms with Crippen LogP contribution < -0.4 is 25.5 Å². The molecule has 3 N–H and O–H groups in total. The fourth-order valence-electron chi connectivity index (χ4n) is 4.17. The number of hydrazone groups is 1.